The monoisotopic (exact) mass is 347 g/mol. The summed E-state index contributed by atoms with van der Waals surface area (Å²) in [4.78, 5) is 4.16. The van der Waals surface area contributed by atoms with E-state index >= 15 is 0 Å². The normalized spacial score (nSPS) is 13.0. The van der Waals surface area contributed by atoms with E-state index in [1.807, 2.05) is 0 Å². The number of nitrogens with zero attached hydrogens (tertiary/aromatic N) is 2. The second kappa shape index (κ2) is 6.60. The Morgan fingerprint density at radius 1 is 1.08 bits per heavy atom. The first-order valence-corrected chi connectivity index (χ1v) is 7.57. The summed E-state index contributed by atoms with van der Waals surface area (Å²) < 4.78 is 41.2. The Morgan fingerprint density at radius 3 is 2.44 bits per heavy atom. The highest BCUT2D eigenvalue weighted by Crippen LogP contribution is 2.36. The topological polar surface area (TPSA) is 64.1 Å². The van der Waals surface area contributed by atoms with Crippen molar-refractivity contribution in [2.24, 2.45) is 5.73 Å². The zero-order chi connectivity index (χ0) is 18.0. The molecule has 0 aliphatic carbocycles. The lowest BCUT2D eigenvalue weighted by Gasteiger charge is -2.19. The molecule has 2 aromatic carbocycles. The number of rotatable bonds is 4. The Bertz CT molecular complexity index is 860. The third-order valence-electron chi connectivity index (χ3n) is 3.84. The third-order valence-corrected chi connectivity index (χ3v) is 3.84. The molecule has 1 aromatic heterocycles. The molecule has 3 N–H and O–H groups in total. The van der Waals surface area contributed by atoms with Crippen LogP contribution in [0.5, 0.6) is 5.75 Å². The van der Waals surface area contributed by atoms with Crippen LogP contribution < -0.4 is 5.73 Å². The minimum Gasteiger partial charge on any atom is -0.508 e. The van der Waals surface area contributed by atoms with Gasteiger partial charge in [0, 0.05) is 12.1 Å². The van der Waals surface area contributed by atoms with Crippen LogP contribution in [0.1, 0.15) is 17.3 Å². The SMILES string of the molecule is NC(c1c(-c2ccccc2)ncn1Cc1cccc(O)c1)C(F)(F)F. The van der Waals surface area contributed by atoms with Gasteiger partial charge in [0.25, 0.3) is 0 Å². The molecule has 0 amide bonds. The number of imidazole rings is 1. The van der Waals surface area contributed by atoms with Crippen molar-refractivity contribution < 1.29 is 18.3 Å². The summed E-state index contributed by atoms with van der Waals surface area (Å²) in [5.41, 5.74) is 6.80. The maximum Gasteiger partial charge on any atom is 0.409 e. The van der Waals surface area contributed by atoms with E-state index in [4.69, 9.17) is 5.73 Å². The Labute approximate surface area is 142 Å². The number of halogens is 3. The molecular weight excluding hydrogens is 331 g/mol. The first-order chi connectivity index (χ1) is 11.9. The molecule has 0 aliphatic rings. The van der Waals surface area contributed by atoms with E-state index in [-0.39, 0.29) is 23.7 Å². The number of aromatic hydroxyl groups is 1. The van der Waals surface area contributed by atoms with E-state index in [2.05, 4.69) is 4.98 Å². The van der Waals surface area contributed by atoms with Crippen molar-refractivity contribution in [2.75, 3.05) is 0 Å². The Morgan fingerprint density at radius 2 is 1.80 bits per heavy atom. The van der Waals surface area contributed by atoms with E-state index in [0.717, 1.165) is 0 Å². The van der Waals surface area contributed by atoms with Gasteiger partial charge in [0.1, 0.15) is 11.8 Å². The van der Waals surface area contributed by atoms with Crippen molar-refractivity contribution in [1.29, 1.82) is 0 Å². The Balaban J connectivity index is 2.08. The van der Waals surface area contributed by atoms with Crippen molar-refractivity contribution in [3.05, 3.63) is 72.2 Å². The molecule has 0 aliphatic heterocycles. The number of hydrogen-bond donors (Lipinski definition) is 2. The molecule has 3 aromatic rings. The molecule has 4 nitrogen and oxygen atoms in total. The summed E-state index contributed by atoms with van der Waals surface area (Å²) in [6.07, 6.45) is -3.26. The number of aromatic nitrogens is 2. The van der Waals surface area contributed by atoms with Gasteiger partial charge >= 0.3 is 6.18 Å². The molecule has 0 spiro atoms. The van der Waals surface area contributed by atoms with Gasteiger partial charge in [0.05, 0.1) is 17.7 Å². The smallest absolute Gasteiger partial charge is 0.409 e. The number of alkyl halides is 3. The van der Waals surface area contributed by atoms with E-state index in [1.165, 1.54) is 23.0 Å². The zero-order valence-electron chi connectivity index (χ0n) is 13.1. The van der Waals surface area contributed by atoms with Crippen molar-refractivity contribution in [3.63, 3.8) is 0 Å². The average Bonchev–Trinajstić information content (AvgIpc) is 2.97. The minimum absolute atomic E-state index is 0.0440. The maximum absolute atomic E-state index is 13.3. The van der Waals surface area contributed by atoms with Gasteiger partial charge < -0.3 is 15.4 Å². The molecule has 0 saturated carbocycles. The second-order valence-electron chi connectivity index (χ2n) is 5.66. The Hall–Kier alpha value is -2.80. The highest BCUT2D eigenvalue weighted by atomic mass is 19.4. The molecular formula is C18H16F3N3O. The van der Waals surface area contributed by atoms with Crippen LogP contribution in [0.25, 0.3) is 11.3 Å². The summed E-state index contributed by atoms with van der Waals surface area (Å²) in [7, 11) is 0. The van der Waals surface area contributed by atoms with Gasteiger partial charge in [-0.05, 0) is 17.7 Å². The lowest BCUT2D eigenvalue weighted by Crippen LogP contribution is -2.31. The molecule has 0 radical (unpaired) electrons. The molecule has 7 heteroatoms. The minimum atomic E-state index is -4.60. The van der Waals surface area contributed by atoms with Gasteiger partial charge in [-0.25, -0.2) is 4.98 Å². The summed E-state index contributed by atoms with van der Waals surface area (Å²) >= 11 is 0. The van der Waals surface area contributed by atoms with Crippen molar-refractivity contribution >= 4 is 0 Å². The maximum atomic E-state index is 13.3. The molecule has 130 valence electrons. The fourth-order valence-electron chi connectivity index (χ4n) is 2.67. The number of nitrogens with two attached hydrogens (primary N) is 1. The highest BCUT2D eigenvalue weighted by Gasteiger charge is 2.41. The molecule has 0 bridgehead atoms. The predicted molar refractivity (Wildman–Crippen MR) is 87.9 cm³/mol. The quantitative estimate of drug-likeness (QED) is 0.753. The van der Waals surface area contributed by atoms with Crippen LogP contribution in [0.4, 0.5) is 13.2 Å². The number of phenols is 1. The zero-order valence-corrected chi connectivity index (χ0v) is 13.1. The van der Waals surface area contributed by atoms with Crippen LogP contribution in [-0.2, 0) is 6.54 Å². The van der Waals surface area contributed by atoms with Gasteiger partial charge in [-0.1, -0.05) is 42.5 Å². The highest BCUT2D eigenvalue weighted by molar-refractivity contribution is 5.62. The standard InChI is InChI=1S/C18H16F3N3O/c19-18(20,21)17(22)16-15(13-6-2-1-3-7-13)23-11-24(16)10-12-5-4-8-14(25)9-12/h1-9,11,17,25H,10,22H2. The van der Waals surface area contributed by atoms with Crippen molar-refractivity contribution in [1.82, 2.24) is 9.55 Å². The van der Waals surface area contributed by atoms with E-state index in [9.17, 15) is 18.3 Å². The molecule has 1 atom stereocenters. The Kier molecular flexibility index (Phi) is 4.50. The largest absolute Gasteiger partial charge is 0.508 e. The van der Waals surface area contributed by atoms with Gasteiger partial charge in [-0.2, -0.15) is 13.2 Å². The number of phenolic OH excluding ortho intramolecular Hbond substituents is 1. The number of hydrogen-bond acceptors (Lipinski definition) is 3. The molecule has 0 fully saturated rings. The summed E-state index contributed by atoms with van der Waals surface area (Å²) in [6.45, 7) is 0.118. The second-order valence-corrected chi connectivity index (χ2v) is 5.66. The first-order valence-electron chi connectivity index (χ1n) is 7.57. The van der Waals surface area contributed by atoms with E-state index < -0.39 is 12.2 Å². The van der Waals surface area contributed by atoms with E-state index in [0.29, 0.717) is 11.1 Å². The third kappa shape index (κ3) is 3.66. The van der Waals surface area contributed by atoms with Gasteiger partial charge in [-0.15, -0.1) is 0 Å². The van der Waals surface area contributed by atoms with Crippen molar-refractivity contribution in [2.45, 2.75) is 18.8 Å². The van der Waals surface area contributed by atoms with Gasteiger partial charge in [0.15, 0.2) is 0 Å². The molecule has 0 saturated heterocycles. The van der Waals surface area contributed by atoms with Crippen LogP contribution >= 0.6 is 0 Å². The van der Waals surface area contributed by atoms with E-state index in [1.54, 1.807) is 42.5 Å². The summed E-state index contributed by atoms with van der Waals surface area (Å²) in [5.74, 6) is 0.0440. The lowest BCUT2D eigenvalue weighted by molar-refractivity contribution is -0.150. The van der Waals surface area contributed by atoms with Gasteiger partial charge in [0.2, 0.25) is 0 Å². The van der Waals surface area contributed by atoms with Crippen LogP contribution in [-0.4, -0.2) is 20.8 Å². The average molecular weight is 347 g/mol. The predicted octanol–water partition coefficient (Wildman–Crippen LogP) is 3.87. The molecule has 25 heavy (non-hydrogen) atoms. The summed E-state index contributed by atoms with van der Waals surface area (Å²) in [6, 6.07) is 12.8. The van der Waals surface area contributed by atoms with Crippen LogP contribution in [0, 0.1) is 0 Å². The van der Waals surface area contributed by atoms with Crippen molar-refractivity contribution in [3.8, 4) is 17.0 Å². The van der Waals surface area contributed by atoms with Gasteiger partial charge in [-0.3, -0.25) is 0 Å². The van der Waals surface area contributed by atoms with Crippen LogP contribution in [0.15, 0.2) is 60.9 Å². The van der Waals surface area contributed by atoms with Crippen LogP contribution in [0.3, 0.4) is 0 Å². The molecule has 3 rings (SSSR count). The van der Waals surface area contributed by atoms with Crippen LogP contribution in [0.2, 0.25) is 0 Å². The fourth-order valence-corrected chi connectivity index (χ4v) is 2.67. The summed E-state index contributed by atoms with van der Waals surface area (Å²) in [5, 5.41) is 9.55. The lowest BCUT2D eigenvalue weighted by atomic mass is 10.1. The molecule has 1 unspecified atom stereocenters. The molecule has 1 heterocycles. The fraction of sp³-hybridized carbons (Fsp3) is 0.167. The number of benzene rings is 2. The first kappa shape index (κ1) is 17.0.